The van der Waals surface area contributed by atoms with Crippen LogP contribution < -0.4 is 11.1 Å². The van der Waals surface area contributed by atoms with Gasteiger partial charge in [0.15, 0.2) is 0 Å². The van der Waals surface area contributed by atoms with Crippen molar-refractivity contribution in [3.63, 3.8) is 0 Å². The van der Waals surface area contributed by atoms with E-state index in [1.165, 1.54) is 28.1 Å². The highest BCUT2D eigenvalue weighted by atomic mass is 32.2. The third kappa shape index (κ3) is 4.64. The highest BCUT2D eigenvalue weighted by molar-refractivity contribution is 8.08. The quantitative estimate of drug-likeness (QED) is 0.213. The second-order valence-corrected chi connectivity index (χ2v) is 10.9. The molecule has 0 unspecified atom stereocenters. The van der Waals surface area contributed by atoms with E-state index < -0.39 is 28.8 Å². The number of nitrogens with zero attached hydrogens (tertiary/aromatic N) is 1. The van der Waals surface area contributed by atoms with Gasteiger partial charge in [-0.15, -0.1) is 11.8 Å². The molecule has 0 spiro atoms. The third-order valence-corrected chi connectivity index (χ3v) is 8.93. The number of carbonyl (C=O) groups is 3. The smallest absolute Gasteiger partial charge is 0.353 e. The number of primary amides is 1. The van der Waals surface area contributed by atoms with E-state index in [1.807, 2.05) is 91.0 Å². The number of thioether (sulfide) groups is 2. The number of carboxylic acid groups (broad SMARTS) is 1. The Morgan fingerprint density at radius 1 is 0.947 bits per heavy atom. The van der Waals surface area contributed by atoms with Crippen molar-refractivity contribution in [1.82, 2.24) is 10.2 Å². The van der Waals surface area contributed by atoms with E-state index in [-0.39, 0.29) is 11.6 Å². The number of carbonyl (C=O) groups excluding carboxylic acids is 2. The Hall–Kier alpha value is -3.79. The van der Waals surface area contributed by atoms with E-state index in [2.05, 4.69) is 5.32 Å². The number of carboxylic acids is 1. The first-order chi connectivity index (χ1) is 18.4. The molecule has 3 aromatic carbocycles. The summed E-state index contributed by atoms with van der Waals surface area (Å²) in [6.07, 6.45) is 1.17. The number of fused-ring (bicyclic) bond motifs is 1. The van der Waals surface area contributed by atoms with Crippen molar-refractivity contribution in [2.45, 2.75) is 17.0 Å². The molecule has 2 aliphatic rings. The lowest BCUT2D eigenvalue weighted by Gasteiger charge is -2.52. The molecule has 2 aliphatic heterocycles. The van der Waals surface area contributed by atoms with Crippen LogP contribution in [0.3, 0.4) is 0 Å². The van der Waals surface area contributed by atoms with Gasteiger partial charge in [-0.2, -0.15) is 0 Å². The van der Waals surface area contributed by atoms with Crippen molar-refractivity contribution >= 4 is 41.3 Å². The molecule has 2 heterocycles. The molecule has 0 radical (unpaired) electrons. The summed E-state index contributed by atoms with van der Waals surface area (Å²) in [5, 5.41) is 14.7. The van der Waals surface area contributed by atoms with Crippen molar-refractivity contribution < 1.29 is 19.5 Å². The van der Waals surface area contributed by atoms with Gasteiger partial charge in [-0.1, -0.05) is 103 Å². The maximum Gasteiger partial charge on any atom is 0.353 e. The van der Waals surface area contributed by atoms with Gasteiger partial charge in [0.05, 0.1) is 5.54 Å². The van der Waals surface area contributed by atoms with E-state index in [4.69, 9.17) is 5.73 Å². The Kier molecular flexibility index (Phi) is 7.42. The monoisotopic (exact) mass is 543 g/mol. The largest absolute Gasteiger partial charge is 0.477 e. The zero-order valence-corrected chi connectivity index (χ0v) is 21.8. The maximum absolute atomic E-state index is 13.7. The fraction of sp³-hybridized carbons (Fsp3) is 0.138. The number of aliphatic carboxylic acids is 1. The highest BCUT2D eigenvalue weighted by Gasteiger charge is 2.56. The number of amides is 2. The molecule has 2 amide bonds. The van der Waals surface area contributed by atoms with Crippen LogP contribution in [0, 0.1) is 0 Å². The van der Waals surface area contributed by atoms with Gasteiger partial charge in [-0.05, 0) is 22.1 Å². The molecule has 1 saturated heterocycles. The minimum atomic E-state index is -1.18. The van der Waals surface area contributed by atoms with Crippen molar-refractivity contribution in [3.8, 4) is 0 Å². The lowest BCUT2D eigenvalue weighted by molar-refractivity contribution is -0.149. The number of hydrogen-bond acceptors (Lipinski definition) is 6. The lowest BCUT2D eigenvalue weighted by Crippen LogP contribution is -2.72. The van der Waals surface area contributed by atoms with Crippen LogP contribution in [-0.4, -0.2) is 45.0 Å². The molecule has 4 N–H and O–H groups in total. The molecule has 2 atom stereocenters. The van der Waals surface area contributed by atoms with Crippen molar-refractivity contribution in [1.29, 1.82) is 0 Å². The van der Waals surface area contributed by atoms with Crippen LogP contribution >= 0.6 is 23.5 Å². The van der Waals surface area contributed by atoms with Crippen molar-refractivity contribution in [2.24, 2.45) is 5.73 Å². The number of nitrogens with one attached hydrogen (secondary N) is 1. The summed E-state index contributed by atoms with van der Waals surface area (Å²) in [5.74, 6) is -1.74. The first-order valence-electron chi connectivity index (χ1n) is 11.9. The molecule has 0 bridgehead atoms. The zero-order chi connectivity index (χ0) is 26.7. The fourth-order valence-corrected chi connectivity index (χ4v) is 7.25. The summed E-state index contributed by atoms with van der Waals surface area (Å²) >= 11 is 2.58. The van der Waals surface area contributed by atoms with Crippen LogP contribution in [0.25, 0.3) is 0 Å². The molecule has 192 valence electrons. The average molecular weight is 544 g/mol. The van der Waals surface area contributed by atoms with Crippen molar-refractivity contribution in [3.05, 3.63) is 130 Å². The number of hydrogen-bond donors (Lipinski definition) is 3. The SMILES string of the molecule is NC(=O)C=CSC1=C(C(=O)O)N2C(=O)[C@@H](NC(c3ccccc3)(c3ccccc3)c3ccccc3)[C@@H]2SC1. The molecular weight excluding hydrogens is 518 g/mol. The molecule has 7 nitrogen and oxygen atoms in total. The lowest BCUT2D eigenvalue weighted by atomic mass is 9.76. The van der Waals surface area contributed by atoms with E-state index in [9.17, 15) is 19.5 Å². The Bertz CT molecular complexity index is 1310. The van der Waals surface area contributed by atoms with Crippen LogP contribution in [0.2, 0.25) is 0 Å². The Balaban J connectivity index is 1.57. The first kappa shape index (κ1) is 25.8. The standard InChI is InChI=1S/C29H25N3O4S2/c30-23(33)16-17-37-22-18-38-27-24(26(34)32(27)25(22)28(35)36)31-29(19-10-4-1-5-11-19,20-12-6-2-7-13-20)21-14-8-3-9-15-21/h1-17,24,27,31H,18H2,(H2,30,33)(H,35,36)/t24-,27+/m1/s1. The number of β-lactam (4-membered cyclic amide) rings is 1. The Morgan fingerprint density at radius 2 is 1.45 bits per heavy atom. The predicted molar refractivity (Wildman–Crippen MR) is 150 cm³/mol. The third-order valence-electron chi connectivity index (χ3n) is 6.57. The summed E-state index contributed by atoms with van der Waals surface area (Å²) in [7, 11) is 0. The Morgan fingerprint density at radius 3 is 1.89 bits per heavy atom. The molecule has 9 heteroatoms. The van der Waals surface area contributed by atoms with Gasteiger partial charge < -0.3 is 10.8 Å². The van der Waals surface area contributed by atoms with E-state index in [0.717, 1.165) is 28.5 Å². The van der Waals surface area contributed by atoms with E-state index in [1.54, 1.807) is 0 Å². The van der Waals surface area contributed by atoms with Gasteiger partial charge in [0.2, 0.25) is 11.8 Å². The highest BCUT2D eigenvalue weighted by Crippen LogP contribution is 2.46. The first-order valence-corrected chi connectivity index (χ1v) is 13.8. The number of nitrogens with two attached hydrogens (primary N) is 1. The van der Waals surface area contributed by atoms with Crippen LogP contribution in [0.1, 0.15) is 16.7 Å². The average Bonchev–Trinajstić information content (AvgIpc) is 2.94. The van der Waals surface area contributed by atoms with Crippen LogP contribution in [0.4, 0.5) is 0 Å². The van der Waals surface area contributed by atoms with E-state index in [0.29, 0.717) is 10.7 Å². The zero-order valence-electron chi connectivity index (χ0n) is 20.2. The summed E-state index contributed by atoms with van der Waals surface area (Å²) < 4.78 is 0. The van der Waals surface area contributed by atoms with Gasteiger partial charge in [0.1, 0.15) is 17.1 Å². The van der Waals surface area contributed by atoms with Gasteiger partial charge in [0.25, 0.3) is 0 Å². The molecule has 3 aromatic rings. The molecule has 0 aromatic heterocycles. The second-order valence-electron chi connectivity index (χ2n) is 8.78. The fourth-order valence-electron chi connectivity index (χ4n) is 4.91. The number of benzene rings is 3. The summed E-state index contributed by atoms with van der Waals surface area (Å²) in [6.45, 7) is 0. The van der Waals surface area contributed by atoms with Gasteiger partial charge in [0, 0.05) is 16.7 Å². The van der Waals surface area contributed by atoms with Crippen LogP contribution in [-0.2, 0) is 19.9 Å². The molecule has 38 heavy (non-hydrogen) atoms. The number of rotatable bonds is 9. The molecule has 5 rings (SSSR count). The minimum Gasteiger partial charge on any atom is -0.477 e. The molecule has 1 fully saturated rings. The molecular formula is C29H25N3O4S2. The van der Waals surface area contributed by atoms with Crippen LogP contribution in [0.15, 0.2) is 113 Å². The van der Waals surface area contributed by atoms with Gasteiger partial charge in [-0.3, -0.25) is 19.8 Å². The van der Waals surface area contributed by atoms with Crippen LogP contribution in [0.5, 0.6) is 0 Å². The maximum atomic E-state index is 13.7. The molecule has 0 aliphatic carbocycles. The van der Waals surface area contributed by atoms with Gasteiger partial charge >= 0.3 is 5.97 Å². The summed E-state index contributed by atoms with van der Waals surface area (Å²) in [6, 6.07) is 29.2. The molecule has 0 saturated carbocycles. The summed E-state index contributed by atoms with van der Waals surface area (Å²) in [5.41, 5.74) is 7.14. The summed E-state index contributed by atoms with van der Waals surface area (Å²) in [4.78, 5) is 38.8. The normalized spacial score (nSPS) is 19.3. The van der Waals surface area contributed by atoms with Gasteiger partial charge in [-0.25, -0.2) is 4.79 Å². The van der Waals surface area contributed by atoms with E-state index >= 15 is 0 Å². The topological polar surface area (TPSA) is 113 Å². The second kappa shape index (κ2) is 10.9. The Labute approximate surface area is 228 Å². The predicted octanol–water partition coefficient (Wildman–Crippen LogP) is 3.88. The van der Waals surface area contributed by atoms with Crippen molar-refractivity contribution in [2.75, 3.05) is 5.75 Å². The minimum absolute atomic E-state index is 0.0550.